The fourth-order valence-corrected chi connectivity index (χ4v) is 3.67. The molecular weight excluding hydrogens is 418 g/mol. The SMILES string of the molecule is COc1ccc2[nH]c(O)c(N=NC(=O)[C@]3(C)CC3(Br)Br)c2c1. The van der Waals surface area contributed by atoms with E-state index >= 15 is 0 Å². The molecule has 0 bridgehead atoms. The number of aromatic hydroxyl groups is 1. The van der Waals surface area contributed by atoms with E-state index < -0.39 is 8.65 Å². The number of azo groups is 1. The van der Waals surface area contributed by atoms with Crippen LogP contribution in [0, 0.1) is 5.41 Å². The second-order valence-electron chi connectivity index (χ2n) is 5.45. The molecule has 2 N–H and O–H groups in total. The van der Waals surface area contributed by atoms with Crippen molar-refractivity contribution in [1.82, 2.24) is 4.98 Å². The summed E-state index contributed by atoms with van der Waals surface area (Å²) >= 11 is 6.85. The molecule has 116 valence electrons. The number of aromatic amines is 1. The number of aromatic nitrogens is 1. The number of fused-ring (bicyclic) bond motifs is 1. The number of hydrogen-bond acceptors (Lipinski definition) is 4. The number of nitrogens with one attached hydrogen (secondary N) is 1. The standard InChI is InChI=1S/C14H13Br2N3O3/c1-13(6-14(13,15)16)12(21)19-18-10-8-5-7(22-2)3-4-9(8)17-11(10)20/h3-5,17,20H,6H2,1-2H3/t13-/m0/s1. The zero-order chi connectivity index (χ0) is 16.1. The van der Waals surface area contributed by atoms with Crippen molar-refractivity contribution in [3.63, 3.8) is 0 Å². The quantitative estimate of drug-likeness (QED) is 0.559. The molecule has 2 aromatic rings. The molecule has 0 unspecified atom stereocenters. The van der Waals surface area contributed by atoms with E-state index in [1.807, 2.05) is 0 Å². The second-order valence-corrected chi connectivity index (χ2v) is 9.22. The van der Waals surface area contributed by atoms with E-state index in [-0.39, 0.29) is 17.5 Å². The van der Waals surface area contributed by atoms with Crippen LogP contribution in [0.2, 0.25) is 0 Å². The van der Waals surface area contributed by atoms with Crippen molar-refractivity contribution in [3.05, 3.63) is 18.2 Å². The molecule has 1 aromatic carbocycles. The highest BCUT2D eigenvalue weighted by Gasteiger charge is 2.67. The zero-order valence-electron chi connectivity index (χ0n) is 11.9. The first-order valence-electron chi connectivity index (χ1n) is 6.51. The van der Waals surface area contributed by atoms with Crippen molar-refractivity contribution in [2.75, 3.05) is 7.11 Å². The van der Waals surface area contributed by atoms with Gasteiger partial charge in [-0.25, -0.2) is 0 Å². The Morgan fingerprint density at radius 2 is 2.14 bits per heavy atom. The Bertz CT molecular complexity index is 800. The molecule has 1 heterocycles. The fourth-order valence-electron chi connectivity index (χ4n) is 2.21. The monoisotopic (exact) mass is 429 g/mol. The number of carbonyl (C=O) groups excluding carboxylic acids is 1. The molecule has 0 radical (unpaired) electrons. The zero-order valence-corrected chi connectivity index (χ0v) is 15.0. The van der Waals surface area contributed by atoms with Gasteiger partial charge in [0.1, 0.15) is 5.75 Å². The van der Waals surface area contributed by atoms with Gasteiger partial charge in [0.05, 0.1) is 21.3 Å². The van der Waals surface area contributed by atoms with Crippen LogP contribution >= 0.6 is 31.9 Å². The van der Waals surface area contributed by atoms with Crippen LogP contribution in [0.15, 0.2) is 28.4 Å². The molecule has 22 heavy (non-hydrogen) atoms. The molecule has 8 heteroatoms. The van der Waals surface area contributed by atoms with Gasteiger partial charge in [0.2, 0.25) is 5.88 Å². The molecule has 1 atom stereocenters. The molecule has 3 rings (SSSR count). The number of rotatable bonds is 3. The Labute approximate surface area is 143 Å². The van der Waals surface area contributed by atoms with Gasteiger partial charge >= 0.3 is 0 Å². The highest BCUT2D eigenvalue weighted by Crippen LogP contribution is 2.66. The van der Waals surface area contributed by atoms with Crippen molar-refractivity contribution < 1.29 is 14.6 Å². The minimum atomic E-state index is -0.629. The average Bonchev–Trinajstić information content (AvgIpc) is 2.85. The summed E-state index contributed by atoms with van der Waals surface area (Å²) in [6, 6.07) is 5.25. The number of benzene rings is 1. The maximum atomic E-state index is 12.2. The first-order valence-corrected chi connectivity index (χ1v) is 8.10. The highest BCUT2D eigenvalue weighted by atomic mass is 79.9. The number of H-pyrrole nitrogens is 1. The molecular formula is C14H13Br2N3O3. The molecule has 1 aromatic heterocycles. The summed E-state index contributed by atoms with van der Waals surface area (Å²) in [4.78, 5) is 15.0. The van der Waals surface area contributed by atoms with E-state index in [1.165, 1.54) is 0 Å². The first-order chi connectivity index (χ1) is 10.3. The lowest BCUT2D eigenvalue weighted by molar-refractivity contribution is -0.122. The number of halogens is 2. The minimum absolute atomic E-state index is 0.135. The summed E-state index contributed by atoms with van der Waals surface area (Å²) < 4.78 is 4.73. The summed E-state index contributed by atoms with van der Waals surface area (Å²) in [6.45, 7) is 1.80. The highest BCUT2D eigenvalue weighted by molar-refractivity contribution is 9.25. The van der Waals surface area contributed by atoms with Crippen LogP contribution in [0.5, 0.6) is 11.6 Å². The summed E-state index contributed by atoms with van der Waals surface area (Å²) in [7, 11) is 1.55. The summed E-state index contributed by atoms with van der Waals surface area (Å²) in [5.74, 6) is 0.144. The minimum Gasteiger partial charge on any atom is -0.497 e. The molecule has 1 fully saturated rings. The van der Waals surface area contributed by atoms with E-state index in [4.69, 9.17) is 4.74 Å². The van der Waals surface area contributed by atoms with Crippen molar-refractivity contribution in [1.29, 1.82) is 0 Å². The molecule has 1 saturated carbocycles. The lowest BCUT2D eigenvalue weighted by atomic mass is 10.1. The summed E-state index contributed by atoms with van der Waals surface area (Å²) in [6.07, 6.45) is 0.630. The third-order valence-electron chi connectivity index (χ3n) is 3.93. The predicted molar refractivity (Wildman–Crippen MR) is 89.3 cm³/mol. The van der Waals surface area contributed by atoms with E-state index in [0.29, 0.717) is 23.1 Å². The van der Waals surface area contributed by atoms with Gasteiger partial charge < -0.3 is 14.8 Å². The van der Waals surface area contributed by atoms with E-state index in [1.54, 1.807) is 32.2 Å². The number of amides is 1. The molecule has 0 aliphatic heterocycles. The van der Waals surface area contributed by atoms with Crippen LogP contribution in [0.25, 0.3) is 10.9 Å². The molecule has 0 spiro atoms. The fraction of sp³-hybridized carbons (Fsp3) is 0.357. The third kappa shape index (κ3) is 2.34. The van der Waals surface area contributed by atoms with E-state index in [9.17, 15) is 9.90 Å². The van der Waals surface area contributed by atoms with Crippen LogP contribution in [-0.4, -0.2) is 26.3 Å². The first kappa shape index (κ1) is 15.5. The summed E-state index contributed by atoms with van der Waals surface area (Å²) in [5.41, 5.74) is 0.282. The summed E-state index contributed by atoms with van der Waals surface area (Å²) in [5, 5.41) is 18.3. The van der Waals surface area contributed by atoms with Crippen LogP contribution in [0.1, 0.15) is 13.3 Å². The Hall–Kier alpha value is -1.41. The Morgan fingerprint density at radius 3 is 2.73 bits per heavy atom. The Kier molecular flexibility index (Phi) is 3.56. The number of hydrogen-bond donors (Lipinski definition) is 2. The number of nitrogens with zero attached hydrogens (tertiary/aromatic N) is 2. The average molecular weight is 431 g/mol. The Balaban J connectivity index is 1.95. The smallest absolute Gasteiger partial charge is 0.272 e. The molecule has 1 aliphatic carbocycles. The van der Waals surface area contributed by atoms with Gasteiger partial charge in [0.25, 0.3) is 5.91 Å². The van der Waals surface area contributed by atoms with E-state index in [2.05, 4.69) is 47.1 Å². The maximum absolute atomic E-state index is 12.2. The van der Waals surface area contributed by atoms with Gasteiger partial charge in [-0.1, -0.05) is 31.9 Å². The van der Waals surface area contributed by atoms with Crippen molar-refractivity contribution >= 4 is 54.4 Å². The van der Waals surface area contributed by atoms with Crippen LogP contribution < -0.4 is 4.74 Å². The van der Waals surface area contributed by atoms with Crippen molar-refractivity contribution in [3.8, 4) is 11.6 Å². The number of ether oxygens (including phenoxy) is 1. The van der Waals surface area contributed by atoms with Crippen LogP contribution in [0.4, 0.5) is 5.69 Å². The second kappa shape index (κ2) is 5.06. The van der Waals surface area contributed by atoms with Gasteiger partial charge in [-0.15, -0.1) is 10.2 Å². The van der Waals surface area contributed by atoms with Crippen LogP contribution in [-0.2, 0) is 4.79 Å². The largest absolute Gasteiger partial charge is 0.497 e. The molecule has 6 nitrogen and oxygen atoms in total. The van der Waals surface area contributed by atoms with Gasteiger partial charge in [0.15, 0.2) is 5.69 Å². The molecule has 1 amide bonds. The van der Waals surface area contributed by atoms with Crippen molar-refractivity contribution in [2.24, 2.45) is 15.6 Å². The number of carbonyl (C=O) groups is 1. The number of methoxy groups -OCH3 is 1. The third-order valence-corrected chi connectivity index (χ3v) is 6.24. The lowest BCUT2D eigenvalue weighted by Gasteiger charge is -2.05. The number of alkyl halides is 2. The predicted octanol–water partition coefficient (Wildman–Crippen LogP) is 4.39. The normalized spacial score (nSPS) is 23.1. The Morgan fingerprint density at radius 1 is 1.45 bits per heavy atom. The van der Waals surface area contributed by atoms with Gasteiger partial charge in [0, 0.05) is 5.39 Å². The van der Waals surface area contributed by atoms with Gasteiger partial charge in [-0.2, -0.15) is 0 Å². The van der Waals surface area contributed by atoms with Gasteiger partial charge in [-0.3, -0.25) is 4.79 Å². The molecule has 0 saturated heterocycles. The van der Waals surface area contributed by atoms with Gasteiger partial charge in [-0.05, 0) is 31.5 Å². The van der Waals surface area contributed by atoms with Crippen LogP contribution in [0.3, 0.4) is 0 Å². The lowest BCUT2D eigenvalue weighted by Crippen LogP contribution is -2.14. The maximum Gasteiger partial charge on any atom is 0.272 e. The van der Waals surface area contributed by atoms with Crippen molar-refractivity contribution in [2.45, 2.75) is 16.6 Å². The van der Waals surface area contributed by atoms with E-state index in [0.717, 1.165) is 0 Å². The topological polar surface area (TPSA) is 87.0 Å². The molecule has 1 aliphatic rings.